The summed E-state index contributed by atoms with van der Waals surface area (Å²) in [6.45, 7) is 0.0728. The van der Waals surface area contributed by atoms with E-state index in [9.17, 15) is 10.1 Å². The van der Waals surface area contributed by atoms with Gasteiger partial charge in [-0.1, -0.05) is 66.2 Å². The van der Waals surface area contributed by atoms with E-state index in [2.05, 4.69) is 6.07 Å². The lowest BCUT2D eigenvalue weighted by atomic mass is 9.83. The molecule has 1 heterocycles. The van der Waals surface area contributed by atoms with Crippen molar-refractivity contribution in [3.05, 3.63) is 130 Å². The number of ether oxygens (including phenoxy) is 4. The molecule has 0 aliphatic carbocycles. The number of nitrogens with zero attached hydrogens (tertiary/aromatic N) is 1. The third kappa shape index (κ3) is 5.98. The Kier molecular flexibility index (Phi) is 7.67. The first kappa shape index (κ1) is 25.7. The Morgan fingerprint density at radius 1 is 0.897 bits per heavy atom. The van der Waals surface area contributed by atoms with Crippen LogP contribution in [0.4, 0.5) is 0 Å². The number of para-hydroxylation sites is 1. The van der Waals surface area contributed by atoms with Crippen LogP contribution in [0, 0.1) is 11.3 Å². The van der Waals surface area contributed by atoms with Crippen molar-refractivity contribution in [2.75, 3.05) is 6.61 Å². The highest BCUT2D eigenvalue weighted by atomic mass is 35.5. The van der Waals surface area contributed by atoms with Crippen LogP contribution in [-0.2, 0) is 11.4 Å². The van der Waals surface area contributed by atoms with E-state index in [1.807, 2.05) is 66.7 Å². The SMILES string of the molecule is N#CC1=C(N)Oc2cc(OC(=O)COc3ccccc3)ccc2C1c1ccc(OCc2ccccc2Cl)cc1. The van der Waals surface area contributed by atoms with Crippen molar-refractivity contribution in [3.8, 4) is 29.1 Å². The van der Waals surface area contributed by atoms with Crippen molar-refractivity contribution in [1.29, 1.82) is 5.26 Å². The fourth-order valence-corrected chi connectivity index (χ4v) is 4.39. The summed E-state index contributed by atoms with van der Waals surface area (Å²) in [4.78, 5) is 12.3. The molecular weight excluding hydrogens is 516 g/mol. The Morgan fingerprint density at radius 2 is 1.59 bits per heavy atom. The van der Waals surface area contributed by atoms with Gasteiger partial charge in [-0.2, -0.15) is 5.26 Å². The number of benzene rings is 4. The molecule has 7 nitrogen and oxygen atoms in total. The monoisotopic (exact) mass is 538 g/mol. The number of carbonyl (C=O) groups is 1. The van der Waals surface area contributed by atoms with Crippen LogP contribution in [0.3, 0.4) is 0 Å². The summed E-state index contributed by atoms with van der Waals surface area (Å²) < 4.78 is 22.5. The largest absolute Gasteiger partial charge is 0.489 e. The zero-order valence-corrected chi connectivity index (χ0v) is 21.4. The smallest absolute Gasteiger partial charge is 0.349 e. The molecule has 0 bridgehead atoms. The number of esters is 1. The molecule has 0 aromatic heterocycles. The molecule has 0 saturated heterocycles. The predicted octanol–water partition coefficient (Wildman–Crippen LogP) is 6.12. The summed E-state index contributed by atoms with van der Waals surface area (Å²) >= 11 is 6.22. The van der Waals surface area contributed by atoms with E-state index in [1.165, 1.54) is 0 Å². The van der Waals surface area contributed by atoms with E-state index in [4.69, 9.17) is 36.3 Å². The fraction of sp³-hybridized carbons (Fsp3) is 0.0968. The van der Waals surface area contributed by atoms with Crippen molar-refractivity contribution < 1.29 is 23.7 Å². The minimum atomic E-state index is -0.570. The van der Waals surface area contributed by atoms with E-state index >= 15 is 0 Å². The molecule has 4 aromatic carbocycles. The van der Waals surface area contributed by atoms with Crippen molar-refractivity contribution in [1.82, 2.24) is 0 Å². The highest BCUT2D eigenvalue weighted by Gasteiger charge is 2.31. The molecule has 194 valence electrons. The molecule has 5 rings (SSSR count). The Labute approximate surface area is 230 Å². The summed E-state index contributed by atoms with van der Waals surface area (Å²) in [5, 5.41) is 10.5. The highest BCUT2D eigenvalue weighted by molar-refractivity contribution is 6.31. The predicted molar refractivity (Wildman–Crippen MR) is 146 cm³/mol. The van der Waals surface area contributed by atoms with Crippen molar-refractivity contribution in [3.63, 3.8) is 0 Å². The molecule has 2 N–H and O–H groups in total. The topological polar surface area (TPSA) is 104 Å². The number of allylic oxidation sites excluding steroid dienone is 1. The molecular formula is C31H23ClN2O5. The highest BCUT2D eigenvalue weighted by Crippen LogP contribution is 2.43. The standard InChI is InChI=1S/C31H23ClN2O5/c32-27-9-5-4-6-21(27)18-36-23-12-10-20(11-13-23)30-25-15-14-24(16-28(25)39-31(34)26(30)17-33)38-29(35)19-37-22-7-2-1-3-8-22/h1-16,30H,18-19,34H2. The summed E-state index contributed by atoms with van der Waals surface area (Å²) in [6.07, 6.45) is 0. The maximum atomic E-state index is 12.3. The van der Waals surface area contributed by atoms with Crippen LogP contribution in [0.1, 0.15) is 22.6 Å². The Bertz CT molecular complexity index is 1560. The molecule has 8 heteroatoms. The van der Waals surface area contributed by atoms with E-state index in [-0.39, 0.29) is 23.8 Å². The van der Waals surface area contributed by atoms with Gasteiger partial charge in [0.1, 0.15) is 41.2 Å². The second-order valence-electron chi connectivity index (χ2n) is 8.65. The van der Waals surface area contributed by atoms with Gasteiger partial charge in [0.2, 0.25) is 5.88 Å². The van der Waals surface area contributed by atoms with Crippen LogP contribution in [0.15, 0.2) is 109 Å². The summed E-state index contributed by atoms with van der Waals surface area (Å²) in [6, 6.07) is 31.0. The number of nitriles is 1. The number of carbonyl (C=O) groups excluding carboxylic acids is 1. The summed E-state index contributed by atoms with van der Waals surface area (Å²) in [5.41, 5.74) is 8.83. The van der Waals surface area contributed by atoms with E-state index < -0.39 is 11.9 Å². The van der Waals surface area contributed by atoms with Gasteiger partial charge in [0, 0.05) is 22.2 Å². The molecule has 0 amide bonds. The van der Waals surface area contributed by atoms with Crippen molar-refractivity contribution in [2.45, 2.75) is 12.5 Å². The number of fused-ring (bicyclic) bond motifs is 1. The van der Waals surface area contributed by atoms with E-state index in [0.717, 1.165) is 11.1 Å². The quantitative estimate of drug-likeness (QED) is 0.213. The second-order valence-corrected chi connectivity index (χ2v) is 9.06. The molecule has 1 aliphatic rings. The van der Waals surface area contributed by atoms with E-state index in [1.54, 1.807) is 30.3 Å². The maximum Gasteiger partial charge on any atom is 0.349 e. The zero-order valence-electron chi connectivity index (χ0n) is 20.7. The van der Waals surface area contributed by atoms with Gasteiger partial charge in [-0.3, -0.25) is 0 Å². The minimum Gasteiger partial charge on any atom is -0.489 e. The number of rotatable bonds is 8. The van der Waals surface area contributed by atoms with Gasteiger partial charge in [0.05, 0.1) is 5.92 Å². The first-order chi connectivity index (χ1) is 19.0. The molecule has 1 atom stereocenters. The summed E-state index contributed by atoms with van der Waals surface area (Å²) in [7, 11) is 0. The maximum absolute atomic E-state index is 12.3. The number of halogens is 1. The van der Waals surface area contributed by atoms with Gasteiger partial charge in [-0.05, 0) is 42.0 Å². The summed E-state index contributed by atoms with van der Waals surface area (Å²) in [5.74, 6) is 0.831. The van der Waals surface area contributed by atoms with Crippen LogP contribution in [-0.4, -0.2) is 12.6 Å². The number of hydrogen-bond donors (Lipinski definition) is 1. The Balaban J connectivity index is 1.31. The van der Waals surface area contributed by atoms with Crippen LogP contribution in [0.2, 0.25) is 5.02 Å². The van der Waals surface area contributed by atoms with Crippen LogP contribution >= 0.6 is 11.6 Å². The third-order valence-corrected chi connectivity index (χ3v) is 6.46. The molecule has 4 aromatic rings. The van der Waals surface area contributed by atoms with Gasteiger partial charge in [0.25, 0.3) is 0 Å². The first-order valence-corrected chi connectivity index (χ1v) is 12.5. The van der Waals surface area contributed by atoms with Gasteiger partial charge < -0.3 is 24.7 Å². The molecule has 1 unspecified atom stereocenters. The Hall–Kier alpha value is -4.93. The zero-order chi connectivity index (χ0) is 27.2. The lowest BCUT2D eigenvalue weighted by Crippen LogP contribution is -2.21. The third-order valence-electron chi connectivity index (χ3n) is 6.09. The van der Waals surface area contributed by atoms with E-state index in [0.29, 0.717) is 34.4 Å². The molecule has 0 radical (unpaired) electrons. The van der Waals surface area contributed by atoms with Gasteiger partial charge >= 0.3 is 5.97 Å². The first-order valence-electron chi connectivity index (χ1n) is 12.1. The average Bonchev–Trinajstić information content (AvgIpc) is 2.96. The van der Waals surface area contributed by atoms with Crippen LogP contribution in [0.25, 0.3) is 0 Å². The Morgan fingerprint density at radius 3 is 2.33 bits per heavy atom. The molecule has 0 fully saturated rings. The minimum absolute atomic E-state index is 0.00932. The molecule has 0 saturated carbocycles. The van der Waals surface area contributed by atoms with Crippen LogP contribution in [0.5, 0.6) is 23.0 Å². The molecule has 39 heavy (non-hydrogen) atoms. The van der Waals surface area contributed by atoms with Crippen molar-refractivity contribution >= 4 is 17.6 Å². The van der Waals surface area contributed by atoms with Gasteiger partial charge in [0.15, 0.2) is 6.61 Å². The number of hydrogen-bond acceptors (Lipinski definition) is 7. The average molecular weight is 539 g/mol. The second kappa shape index (κ2) is 11.6. The van der Waals surface area contributed by atoms with Crippen molar-refractivity contribution in [2.24, 2.45) is 5.73 Å². The normalized spacial score (nSPS) is 14.0. The van der Waals surface area contributed by atoms with Gasteiger partial charge in [-0.15, -0.1) is 0 Å². The number of nitrogens with two attached hydrogens (primary N) is 1. The fourth-order valence-electron chi connectivity index (χ4n) is 4.20. The van der Waals surface area contributed by atoms with Crippen LogP contribution < -0.4 is 24.7 Å². The van der Waals surface area contributed by atoms with Gasteiger partial charge in [-0.25, -0.2) is 4.79 Å². The molecule has 0 spiro atoms. The lowest BCUT2D eigenvalue weighted by molar-refractivity contribution is -0.136. The molecule has 1 aliphatic heterocycles. The lowest BCUT2D eigenvalue weighted by Gasteiger charge is -2.26.